The van der Waals surface area contributed by atoms with E-state index in [1.54, 1.807) is 13.2 Å². The number of urea groups is 1. The number of piperazine rings is 1. The Morgan fingerprint density at radius 1 is 0.875 bits per heavy atom. The van der Waals surface area contributed by atoms with Gasteiger partial charge >= 0.3 is 6.03 Å². The molecule has 0 aliphatic carbocycles. The third-order valence-electron chi connectivity index (χ3n) is 6.72. The summed E-state index contributed by atoms with van der Waals surface area (Å²) in [4.78, 5) is 32.7. The highest BCUT2D eigenvalue weighted by atomic mass is 79.9. The zero-order valence-electron chi connectivity index (χ0n) is 23.2. The van der Waals surface area contributed by atoms with Crippen molar-refractivity contribution in [3.05, 3.63) is 76.8 Å². The highest BCUT2D eigenvalue weighted by molar-refractivity contribution is 9.10. The molecule has 40 heavy (non-hydrogen) atoms. The average molecular weight is 610 g/mol. The van der Waals surface area contributed by atoms with E-state index in [1.165, 1.54) is 0 Å². The van der Waals surface area contributed by atoms with Gasteiger partial charge in [0, 0.05) is 54.3 Å². The molecule has 9 nitrogen and oxygen atoms in total. The van der Waals surface area contributed by atoms with Crippen molar-refractivity contribution >= 4 is 50.6 Å². The monoisotopic (exact) mass is 608 g/mol. The van der Waals surface area contributed by atoms with Crippen LogP contribution in [-0.4, -0.2) is 77.3 Å². The summed E-state index contributed by atoms with van der Waals surface area (Å²) >= 11 is 3.40. The van der Waals surface area contributed by atoms with E-state index in [2.05, 4.69) is 52.6 Å². The van der Waals surface area contributed by atoms with Crippen LogP contribution in [0.2, 0.25) is 0 Å². The Bertz CT molecular complexity index is 1290. The van der Waals surface area contributed by atoms with Crippen LogP contribution in [-0.2, 0) is 0 Å². The third-order valence-corrected chi connectivity index (χ3v) is 7.24. The Balaban J connectivity index is 1.48. The molecule has 1 heterocycles. The number of rotatable bonds is 10. The highest BCUT2D eigenvalue weighted by Crippen LogP contribution is 2.31. The van der Waals surface area contributed by atoms with Gasteiger partial charge in [0.1, 0.15) is 5.75 Å². The van der Waals surface area contributed by atoms with Gasteiger partial charge in [0.15, 0.2) is 0 Å². The number of carbonyl (C=O) groups excluding carboxylic acids is 2. The van der Waals surface area contributed by atoms with Crippen molar-refractivity contribution < 1.29 is 14.3 Å². The molecule has 0 bridgehead atoms. The van der Waals surface area contributed by atoms with Crippen LogP contribution >= 0.6 is 15.9 Å². The smallest absolute Gasteiger partial charge is 0.323 e. The standard InChI is InChI=1S/C30H37BrN6O3/c1-35(2)16-6-15-32-29(38)25-21-24(34-30(39)33-23-11-9-22(31)10-12-23)13-14-26(25)36-17-19-37(20-18-36)27-7-4-5-8-28(27)40-3/h4-5,7-14,21H,6,15-20H2,1-3H3,(H,32,38)(H2,33,34,39). The summed E-state index contributed by atoms with van der Waals surface area (Å²) in [6.07, 6.45) is 0.846. The average Bonchev–Trinajstić information content (AvgIpc) is 2.96. The maximum Gasteiger partial charge on any atom is 0.323 e. The third kappa shape index (κ3) is 7.89. The van der Waals surface area contributed by atoms with E-state index in [0.29, 0.717) is 23.5 Å². The number of ether oxygens (including phenoxy) is 1. The van der Waals surface area contributed by atoms with Crippen LogP contribution in [0, 0.1) is 0 Å². The minimum atomic E-state index is -0.377. The number of amides is 3. The number of anilines is 4. The number of hydrogen-bond acceptors (Lipinski definition) is 6. The van der Waals surface area contributed by atoms with Gasteiger partial charge in [-0.3, -0.25) is 4.79 Å². The molecule has 0 unspecified atom stereocenters. The Morgan fingerprint density at radius 3 is 2.17 bits per heavy atom. The molecule has 0 spiro atoms. The molecule has 1 saturated heterocycles. The molecule has 3 aromatic rings. The summed E-state index contributed by atoms with van der Waals surface area (Å²) < 4.78 is 6.49. The van der Waals surface area contributed by atoms with Crippen LogP contribution in [0.25, 0.3) is 0 Å². The topological polar surface area (TPSA) is 89.2 Å². The molecule has 0 aromatic heterocycles. The number of para-hydroxylation sites is 2. The number of benzene rings is 3. The molecule has 10 heteroatoms. The predicted molar refractivity (Wildman–Crippen MR) is 166 cm³/mol. The fourth-order valence-electron chi connectivity index (χ4n) is 4.67. The summed E-state index contributed by atoms with van der Waals surface area (Å²) in [5, 5.41) is 8.75. The molecule has 3 amide bonds. The maximum absolute atomic E-state index is 13.4. The van der Waals surface area contributed by atoms with Gasteiger partial charge in [-0.2, -0.15) is 0 Å². The van der Waals surface area contributed by atoms with Gasteiger partial charge in [0.25, 0.3) is 5.91 Å². The second kappa shape index (κ2) is 14.0. The van der Waals surface area contributed by atoms with Crippen molar-refractivity contribution in [2.45, 2.75) is 6.42 Å². The lowest BCUT2D eigenvalue weighted by Crippen LogP contribution is -2.47. The number of nitrogens with one attached hydrogen (secondary N) is 3. The summed E-state index contributed by atoms with van der Waals surface area (Å²) in [6.45, 7) is 4.53. The molecular formula is C30H37BrN6O3. The van der Waals surface area contributed by atoms with Crippen LogP contribution in [0.3, 0.4) is 0 Å². The first-order valence-corrected chi connectivity index (χ1v) is 14.2. The van der Waals surface area contributed by atoms with Crippen LogP contribution in [0.15, 0.2) is 71.2 Å². The largest absolute Gasteiger partial charge is 0.495 e. The SMILES string of the molecule is COc1ccccc1N1CCN(c2ccc(NC(=O)Nc3ccc(Br)cc3)cc2C(=O)NCCCN(C)C)CC1. The fraction of sp³-hybridized carbons (Fsp3) is 0.333. The Kier molecular flexibility index (Phi) is 10.3. The molecule has 1 fully saturated rings. The lowest BCUT2D eigenvalue weighted by molar-refractivity contribution is 0.0952. The molecule has 0 saturated carbocycles. The molecule has 4 rings (SSSR count). The zero-order valence-corrected chi connectivity index (χ0v) is 24.8. The summed E-state index contributed by atoms with van der Waals surface area (Å²) in [5.41, 5.74) is 3.68. The van der Waals surface area contributed by atoms with Crippen LogP contribution < -0.4 is 30.5 Å². The van der Waals surface area contributed by atoms with Crippen molar-refractivity contribution in [2.75, 3.05) is 80.9 Å². The van der Waals surface area contributed by atoms with E-state index in [-0.39, 0.29) is 11.9 Å². The van der Waals surface area contributed by atoms with Crippen LogP contribution in [0.4, 0.5) is 27.5 Å². The van der Waals surface area contributed by atoms with Crippen LogP contribution in [0.5, 0.6) is 5.75 Å². The zero-order chi connectivity index (χ0) is 28.5. The minimum absolute atomic E-state index is 0.155. The van der Waals surface area contributed by atoms with Crippen molar-refractivity contribution in [1.82, 2.24) is 10.2 Å². The van der Waals surface area contributed by atoms with E-state index < -0.39 is 0 Å². The number of nitrogens with zero attached hydrogens (tertiary/aromatic N) is 3. The van der Waals surface area contributed by atoms with Gasteiger partial charge in [0.2, 0.25) is 0 Å². The second-order valence-electron chi connectivity index (χ2n) is 9.88. The quantitative estimate of drug-likeness (QED) is 0.277. The molecule has 1 aliphatic rings. The normalized spacial score (nSPS) is 13.2. The van der Waals surface area contributed by atoms with Crippen molar-refractivity contribution in [2.24, 2.45) is 0 Å². The number of carbonyl (C=O) groups is 2. The molecular weight excluding hydrogens is 572 g/mol. The lowest BCUT2D eigenvalue weighted by atomic mass is 10.1. The van der Waals surface area contributed by atoms with Crippen molar-refractivity contribution in [1.29, 1.82) is 0 Å². The first kappa shape index (κ1) is 29.2. The van der Waals surface area contributed by atoms with Gasteiger partial charge in [0.05, 0.1) is 18.4 Å². The Hall–Kier alpha value is -3.76. The van der Waals surface area contributed by atoms with Crippen molar-refractivity contribution in [3.63, 3.8) is 0 Å². The number of methoxy groups -OCH3 is 1. The number of halogens is 1. The Morgan fingerprint density at radius 2 is 1.50 bits per heavy atom. The minimum Gasteiger partial charge on any atom is -0.495 e. The molecule has 3 aromatic carbocycles. The lowest BCUT2D eigenvalue weighted by Gasteiger charge is -2.38. The molecule has 212 valence electrons. The summed E-state index contributed by atoms with van der Waals surface area (Å²) in [6, 6.07) is 20.5. The van der Waals surface area contributed by atoms with E-state index >= 15 is 0 Å². The van der Waals surface area contributed by atoms with Gasteiger partial charge in [-0.15, -0.1) is 0 Å². The molecule has 0 radical (unpaired) electrons. The van der Waals surface area contributed by atoms with Gasteiger partial charge in [-0.25, -0.2) is 4.79 Å². The molecule has 0 atom stereocenters. The summed E-state index contributed by atoms with van der Waals surface area (Å²) in [7, 11) is 5.71. The second-order valence-corrected chi connectivity index (χ2v) is 10.8. The van der Waals surface area contributed by atoms with Gasteiger partial charge < -0.3 is 35.4 Å². The fourth-order valence-corrected chi connectivity index (χ4v) is 4.93. The predicted octanol–water partition coefficient (Wildman–Crippen LogP) is 5.11. The highest BCUT2D eigenvalue weighted by Gasteiger charge is 2.24. The van der Waals surface area contributed by atoms with E-state index in [1.807, 2.05) is 68.7 Å². The molecule has 3 N–H and O–H groups in total. The number of hydrogen-bond donors (Lipinski definition) is 3. The van der Waals surface area contributed by atoms with Gasteiger partial charge in [-0.1, -0.05) is 28.1 Å². The summed E-state index contributed by atoms with van der Waals surface area (Å²) in [5.74, 6) is 0.698. The van der Waals surface area contributed by atoms with E-state index in [0.717, 1.165) is 60.7 Å². The van der Waals surface area contributed by atoms with E-state index in [4.69, 9.17) is 4.74 Å². The Labute approximate surface area is 244 Å². The van der Waals surface area contributed by atoms with Crippen LogP contribution in [0.1, 0.15) is 16.8 Å². The van der Waals surface area contributed by atoms with Gasteiger partial charge in [-0.05, 0) is 81.7 Å². The maximum atomic E-state index is 13.4. The first-order chi connectivity index (χ1) is 19.3. The van der Waals surface area contributed by atoms with Crippen molar-refractivity contribution in [3.8, 4) is 5.75 Å². The molecule has 1 aliphatic heterocycles. The van der Waals surface area contributed by atoms with E-state index in [9.17, 15) is 9.59 Å². The first-order valence-electron chi connectivity index (χ1n) is 13.4.